The van der Waals surface area contributed by atoms with Gasteiger partial charge in [-0.2, -0.15) is 5.10 Å². The number of nitrogens with one attached hydrogen (secondary N) is 2. The Balaban J connectivity index is 1.94. The van der Waals surface area contributed by atoms with Crippen LogP contribution in [0.25, 0.3) is 0 Å². The molecule has 0 aliphatic carbocycles. The van der Waals surface area contributed by atoms with Crippen LogP contribution in [0, 0.1) is 5.82 Å². The van der Waals surface area contributed by atoms with Crippen molar-refractivity contribution in [1.29, 1.82) is 0 Å². The fourth-order valence-corrected chi connectivity index (χ4v) is 1.50. The third-order valence-corrected chi connectivity index (χ3v) is 2.62. The molecule has 100 valence electrons. The molecule has 2 heterocycles. The van der Waals surface area contributed by atoms with Gasteiger partial charge in [-0.1, -0.05) is 0 Å². The van der Waals surface area contributed by atoms with E-state index in [2.05, 4.69) is 20.5 Å². The second-order valence-corrected chi connectivity index (χ2v) is 3.92. The summed E-state index contributed by atoms with van der Waals surface area (Å²) in [6, 6.07) is 1.44. The monoisotopic (exact) mass is 265 g/mol. The highest BCUT2D eigenvalue weighted by Crippen LogP contribution is 2.05. The van der Waals surface area contributed by atoms with Crippen molar-refractivity contribution in [2.45, 2.75) is 13.0 Å². The molecule has 0 aliphatic heterocycles. The molecule has 7 nitrogen and oxygen atoms in total. The van der Waals surface area contributed by atoms with Gasteiger partial charge in [0, 0.05) is 18.8 Å². The molecule has 0 fully saturated rings. The Morgan fingerprint density at radius 2 is 2.37 bits per heavy atom. The van der Waals surface area contributed by atoms with Crippen molar-refractivity contribution in [3.8, 4) is 0 Å². The van der Waals surface area contributed by atoms with Crippen molar-refractivity contribution in [3.05, 3.63) is 46.1 Å². The van der Waals surface area contributed by atoms with Crippen LogP contribution in [0.1, 0.15) is 11.4 Å². The highest BCUT2D eigenvalue weighted by atomic mass is 19.1. The smallest absolute Gasteiger partial charge is 0.343 e. The molecule has 2 N–H and O–H groups in total. The van der Waals surface area contributed by atoms with Gasteiger partial charge >= 0.3 is 5.69 Å². The van der Waals surface area contributed by atoms with Gasteiger partial charge in [0.25, 0.3) is 0 Å². The molecule has 1 amide bonds. The Labute approximate surface area is 107 Å². The van der Waals surface area contributed by atoms with E-state index in [4.69, 9.17) is 0 Å². The van der Waals surface area contributed by atoms with E-state index < -0.39 is 5.82 Å². The van der Waals surface area contributed by atoms with Gasteiger partial charge < -0.3 is 5.32 Å². The zero-order valence-electron chi connectivity index (χ0n) is 10.2. The largest absolute Gasteiger partial charge is 0.349 e. The highest BCUT2D eigenvalue weighted by molar-refractivity contribution is 5.78. The quantitative estimate of drug-likeness (QED) is 0.779. The minimum Gasteiger partial charge on any atom is -0.349 e. The molecule has 2 aromatic heterocycles. The Kier molecular flexibility index (Phi) is 3.69. The lowest BCUT2D eigenvalue weighted by Crippen LogP contribution is -2.27. The molecule has 0 atom stereocenters. The zero-order chi connectivity index (χ0) is 13.8. The molecule has 19 heavy (non-hydrogen) atoms. The fraction of sp³-hybridized carbons (Fsp3) is 0.273. The summed E-state index contributed by atoms with van der Waals surface area (Å²) in [7, 11) is 1.54. The first-order chi connectivity index (χ1) is 9.08. The Morgan fingerprint density at radius 1 is 1.58 bits per heavy atom. The number of nitrogens with zero attached hydrogens (tertiary/aromatic N) is 3. The molecule has 2 rings (SSSR count). The number of carbonyl (C=O) groups is 1. The van der Waals surface area contributed by atoms with Gasteiger partial charge in [0.05, 0.1) is 19.2 Å². The van der Waals surface area contributed by atoms with Crippen LogP contribution in [-0.4, -0.2) is 25.7 Å². The average molecular weight is 265 g/mol. The molecular formula is C11H12FN5O2. The van der Waals surface area contributed by atoms with E-state index in [0.29, 0.717) is 5.82 Å². The van der Waals surface area contributed by atoms with Crippen molar-refractivity contribution in [1.82, 2.24) is 25.1 Å². The van der Waals surface area contributed by atoms with Gasteiger partial charge in [-0.15, -0.1) is 0 Å². The predicted molar refractivity (Wildman–Crippen MR) is 63.6 cm³/mol. The van der Waals surface area contributed by atoms with E-state index in [-0.39, 0.29) is 30.1 Å². The number of amides is 1. The van der Waals surface area contributed by atoms with Gasteiger partial charge in [-0.05, 0) is 6.07 Å². The molecule has 0 unspecified atom stereocenters. The van der Waals surface area contributed by atoms with Crippen LogP contribution >= 0.6 is 0 Å². The van der Waals surface area contributed by atoms with Crippen LogP contribution in [0.3, 0.4) is 0 Å². The summed E-state index contributed by atoms with van der Waals surface area (Å²) < 4.78 is 14.6. The van der Waals surface area contributed by atoms with E-state index in [1.54, 1.807) is 0 Å². The van der Waals surface area contributed by atoms with Crippen LogP contribution in [0.2, 0.25) is 0 Å². The maximum Gasteiger partial charge on any atom is 0.343 e. The molecule has 0 saturated heterocycles. The lowest BCUT2D eigenvalue weighted by molar-refractivity contribution is -0.120. The zero-order valence-corrected chi connectivity index (χ0v) is 10.2. The summed E-state index contributed by atoms with van der Waals surface area (Å²) in [5.74, 6) is -0.487. The summed E-state index contributed by atoms with van der Waals surface area (Å²) in [6.07, 6.45) is 2.38. The molecule has 0 aliphatic rings. The Morgan fingerprint density at radius 3 is 3.00 bits per heavy atom. The van der Waals surface area contributed by atoms with Crippen LogP contribution in [0.5, 0.6) is 0 Å². The molecule has 8 heteroatoms. The van der Waals surface area contributed by atoms with Crippen molar-refractivity contribution >= 4 is 5.91 Å². The molecule has 2 aromatic rings. The van der Waals surface area contributed by atoms with Crippen LogP contribution in [-0.2, 0) is 24.8 Å². The van der Waals surface area contributed by atoms with Gasteiger partial charge in [-0.25, -0.2) is 14.3 Å². The number of halogens is 1. The van der Waals surface area contributed by atoms with Crippen molar-refractivity contribution in [2.24, 2.45) is 7.05 Å². The van der Waals surface area contributed by atoms with Crippen LogP contribution < -0.4 is 11.0 Å². The number of aromatic nitrogens is 4. The first-order valence-corrected chi connectivity index (χ1v) is 5.53. The molecule has 0 spiro atoms. The normalized spacial score (nSPS) is 10.4. The summed E-state index contributed by atoms with van der Waals surface area (Å²) in [5, 5.41) is 8.56. The Bertz CT molecular complexity index is 649. The number of hydrogen-bond donors (Lipinski definition) is 2. The lowest BCUT2D eigenvalue weighted by atomic mass is 10.2. The van der Waals surface area contributed by atoms with E-state index in [1.807, 2.05) is 0 Å². The minimum absolute atomic E-state index is 0.0906. The van der Waals surface area contributed by atoms with Crippen molar-refractivity contribution in [2.75, 3.05) is 0 Å². The second kappa shape index (κ2) is 5.42. The third kappa shape index (κ3) is 3.03. The van der Waals surface area contributed by atoms with E-state index in [0.717, 1.165) is 6.20 Å². The minimum atomic E-state index is -0.523. The Hall–Kier alpha value is -2.51. The highest BCUT2D eigenvalue weighted by Gasteiger charge is 2.09. The topological polar surface area (TPSA) is 92.7 Å². The summed E-state index contributed by atoms with van der Waals surface area (Å²) >= 11 is 0. The van der Waals surface area contributed by atoms with E-state index >= 15 is 0 Å². The first-order valence-electron chi connectivity index (χ1n) is 5.53. The summed E-state index contributed by atoms with van der Waals surface area (Å²) in [5.41, 5.74) is -0.0900. The second-order valence-electron chi connectivity index (χ2n) is 3.92. The number of H-pyrrole nitrogens is 1. The number of hydrogen-bond acceptors (Lipinski definition) is 4. The van der Waals surface area contributed by atoms with Gasteiger partial charge in [-0.3, -0.25) is 14.3 Å². The predicted octanol–water partition coefficient (Wildman–Crippen LogP) is -0.499. The van der Waals surface area contributed by atoms with Gasteiger partial charge in [0.1, 0.15) is 5.82 Å². The molecular weight excluding hydrogens is 253 g/mol. The van der Waals surface area contributed by atoms with Gasteiger partial charge in [0.15, 0.2) is 5.82 Å². The maximum absolute atomic E-state index is 13.3. The standard InChI is InChI=1S/C11H12FN5O2/c1-17-9(15-16-11(17)19)6-14-10(18)4-7-2-3-13-5-8(7)12/h2-3,5H,4,6H2,1H3,(H,14,18)(H,16,19). The molecule has 0 bridgehead atoms. The van der Waals surface area contributed by atoms with E-state index in [1.165, 1.54) is 23.9 Å². The van der Waals surface area contributed by atoms with Crippen molar-refractivity contribution in [3.63, 3.8) is 0 Å². The van der Waals surface area contributed by atoms with Crippen LogP contribution in [0.4, 0.5) is 4.39 Å². The fourth-order valence-electron chi connectivity index (χ4n) is 1.50. The SMILES string of the molecule is Cn1c(CNC(=O)Cc2ccncc2F)n[nH]c1=O. The summed E-state index contributed by atoms with van der Waals surface area (Å²) in [4.78, 5) is 26.3. The number of rotatable bonds is 4. The first kappa shape index (κ1) is 12.9. The van der Waals surface area contributed by atoms with Crippen LogP contribution in [0.15, 0.2) is 23.3 Å². The van der Waals surface area contributed by atoms with E-state index in [9.17, 15) is 14.0 Å². The maximum atomic E-state index is 13.3. The van der Waals surface area contributed by atoms with Gasteiger partial charge in [0.2, 0.25) is 5.91 Å². The van der Waals surface area contributed by atoms with Crippen molar-refractivity contribution < 1.29 is 9.18 Å². The molecule has 0 saturated carbocycles. The summed E-state index contributed by atoms with van der Waals surface area (Å²) in [6.45, 7) is 0.0980. The number of aromatic amines is 1. The molecule has 0 aromatic carbocycles. The average Bonchev–Trinajstić information content (AvgIpc) is 2.70. The molecule has 0 radical (unpaired) electrons. The number of carbonyl (C=O) groups excluding carboxylic acids is 1. The third-order valence-electron chi connectivity index (χ3n) is 2.62. The number of pyridine rings is 1. The lowest BCUT2D eigenvalue weighted by Gasteiger charge is -2.05.